The molecule has 1 aromatic carbocycles. The molecule has 0 saturated carbocycles. The molecular formula is C14H13N5O. The van der Waals surface area contributed by atoms with Gasteiger partial charge in [0.2, 0.25) is 5.95 Å². The summed E-state index contributed by atoms with van der Waals surface area (Å²) in [6.45, 7) is 3.55. The zero-order chi connectivity index (χ0) is 14.1. The first kappa shape index (κ1) is 12.3. The van der Waals surface area contributed by atoms with Gasteiger partial charge in [-0.25, -0.2) is 4.98 Å². The van der Waals surface area contributed by atoms with Gasteiger partial charge in [-0.2, -0.15) is 10.2 Å². The fourth-order valence-electron chi connectivity index (χ4n) is 1.97. The van der Waals surface area contributed by atoms with Gasteiger partial charge in [0.25, 0.3) is 5.91 Å². The lowest BCUT2D eigenvalue weighted by atomic mass is 10.2. The van der Waals surface area contributed by atoms with Gasteiger partial charge in [0.15, 0.2) is 0 Å². The first-order valence-electron chi connectivity index (χ1n) is 6.20. The molecule has 0 saturated heterocycles. The highest BCUT2D eigenvalue weighted by Crippen LogP contribution is 2.14. The molecule has 1 amide bonds. The van der Waals surface area contributed by atoms with Crippen molar-refractivity contribution in [3.05, 3.63) is 47.3 Å². The van der Waals surface area contributed by atoms with Crippen LogP contribution in [0.25, 0.3) is 11.0 Å². The Hall–Kier alpha value is -2.76. The number of anilines is 1. The molecule has 0 aliphatic carbocycles. The number of imidazole rings is 1. The number of nitrogens with zero attached hydrogens (tertiary/aromatic N) is 3. The molecule has 0 spiro atoms. The predicted octanol–water partition coefficient (Wildman–Crippen LogP) is 2.22. The Morgan fingerprint density at radius 1 is 1.20 bits per heavy atom. The molecule has 2 heterocycles. The number of benzene rings is 1. The second-order valence-corrected chi connectivity index (χ2v) is 4.54. The molecule has 6 heteroatoms. The van der Waals surface area contributed by atoms with E-state index in [9.17, 15) is 4.79 Å². The number of amides is 1. The molecule has 0 bridgehead atoms. The number of hydrogen-bond donors (Lipinski definition) is 2. The van der Waals surface area contributed by atoms with Crippen molar-refractivity contribution in [3.8, 4) is 0 Å². The van der Waals surface area contributed by atoms with Gasteiger partial charge in [-0.1, -0.05) is 12.1 Å². The summed E-state index contributed by atoms with van der Waals surface area (Å²) in [5.41, 5.74) is 3.47. The van der Waals surface area contributed by atoms with Crippen molar-refractivity contribution in [2.45, 2.75) is 13.8 Å². The van der Waals surface area contributed by atoms with Gasteiger partial charge in [-0.3, -0.25) is 10.1 Å². The van der Waals surface area contributed by atoms with Crippen molar-refractivity contribution in [2.75, 3.05) is 5.32 Å². The van der Waals surface area contributed by atoms with Gasteiger partial charge < -0.3 is 4.98 Å². The topological polar surface area (TPSA) is 83.6 Å². The van der Waals surface area contributed by atoms with Crippen LogP contribution < -0.4 is 5.32 Å². The monoisotopic (exact) mass is 267 g/mol. The maximum atomic E-state index is 12.2. The number of aryl methyl sites for hydroxylation is 2. The number of rotatable bonds is 2. The Bertz CT molecular complexity index is 760. The molecule has 2 N–H and O–H groups in total. The fraction of sp³-hybridized carbons (Fsp3) is 0.143. The largest absolute Gasteiger partial charge is 0.324 e. The third-order valence-electron chi connectivity index (χ3n) is 2.97. The van der Waals surface area contributed by atoms with Gasteiger partial charge in [0.1, 0.15) is 0 Å². The van der Waals surface area contributed by atoms with Gasteiger partial charge in [-0.15, -0.1) is 0 Å². The summed E-state index contributed by atoms with van der Waals surface area (Å²) in [5.74, 6) is 0.171. The van der Waals surface area contributed by atoms with Crippen molar-refractivity contribution in [1.82, 2.24) is 20.2 Å². The van der Waals surface area contributed by atoms with E-state index < -0.39 is 0 Å². The lowest BCUT2D eigenvalue weighted by Gasteiger charge is -2.04. The number of aromatic nitrogens is 4. The highest BCUT2D eigenvalue weighted by molar-refractivity contribution is 6.04. The van der Waals surface area contributed by atoms with E-state index in [0.717, 1.165) is 11.0 Å². The molecule has 3 aromatic rings. The molecular weight excluding hydrogens is 254 g/mol. The minimum absolute atomic E-state index is 0.250. The molecule has 0 fully saturated rings. The maximum absolute atomic E-state index is 12.2. The summed E-state index contributed by atoms with van der Waals surface area (Å²) in [6.07, 6.45) is 0. The van der Waals surface area contributed by atoms with Gasteiger partial charge in [0.05, 0.1) is 28.0 Å². The Morgan fingerprint density at radius 2 is 2.00 bits per heavy atom. The van der Waals surface area contributed by atoms with E-state index in [-0.39, 0.29) is 5.91 Å². The predicted molar refractivity (Wildman–Crippen MR) is 75.6 cm³/mol. The Labute approximate surface area is 115 Å². The van der Waals surface area contributed by atoms with Crippen LogP contribution in [-0.2, 0) is 0 Å². The first-order chi connectivity index (χ1) is 9.63. The van der Waals surface area contributed by atoms with Gasteiger partial charge in [0, 0.05) is 0 Å². The minimum atomic E-state index is -0.250. The standard InChI is InChI=1S/C14H13N5O/c1-8-7-10(9(2)19-18-8)13(20)17-14-15-11-5-3-4-6-12(11)16-14/h3-7H,1-2H3,(H2,15,16,17,20). The molecule has 0 atom stereocenters. The zero-order valence-corrected chi connectivity index (χ0v) is 11.1. The average molecular weight is 267 g/mol. The van der Waals surface area contributed by atoms with E-state index in [1.165, 1.54) is 0 Å². The third kappa shape index (κ3) is 2.23. The fourth-order valence-corrected chi connectivity index (χ4v) is 1.97. The molecule has 0 unspecified atom stereocenters. The number of aromatic amines is 1. The maximum Gasteiger partial charge on any atom is 0.259 e. The van der Waals surface area contributed by atoms with Crippen LogP contribution in [-0.4, -0.2) is 26.1 Å². The molecule has 3 rings (SSSR count). The van der Waals surface area contributed by atoms with Crippen LogP contribution in [0.1, 0.15) is 21.7 Å². The highest BCUT2D eigenvalue weighted by atomic mass is 16.1. The Morgan fingerprint density at radius 3 is 2.80 bits per heavy atom. The highest BCUT2D eigenvalue weighted by Gasteiger charge is 2.13. The van der Waals surface area contributed by atoms with E-state index in [1.807, 2.05) is 24.3 Å². The van der Waals surface area contributed by atoms with E-state index in [2.05, 4.69) is 25.5 Å². The van der Waals surface area contributed by atoms with Crippen LogP contribution in [0.2, 0.25) is 0 Å². The second kappa shape index (κ2) is 4.73. The van der Waals surface area contributed by atoms with Crippen molar-refractivity contribution in [2.24, 2.45) is 0 Å². The molecule has 100 valence electrons. The van der Waals surface area contributed by atoms with Gasteiger partial charge in [-0.05, 0) is 32.0 Å². The quantitative estimate of drug-likeness (QED) is 0.745. The van der Waals surface area contributed by atoms with E-state index in [4.69, 9.17) is 0 Å². The second-order valence-electron chi connectivity index (χ2n) is 4.54. The summed E-state index contributed by atoms with van der Waals surface area (Å²) < 4.78 is 0. The normalized spacial score (nSPS) is 10.7. The van der Waals surface area contributed by atoms with Gasteiger partial charge >= 0.3 is 0 Å². The summed E-state index contributed by atoms with van der Waals surface area (Å²) >= 11 is 0. The smallest absolute Gasteiger partial charge is 0.259 e. The third-order valence-corrected chi connectivity index (χ3v) is 2.97. The van der Waals surface area contributed by atoms with Crippen molar-refractivity contribution in [1.29, 1.82) is 0 Å². The van der Waals surface area contributed by atoms with Crippen LogP contribution in [0.4, 0.5) is 5.95 Å². The molecule has 2 aromatic heterocycles. The number of para-hydroxylation sites is 2. The van der Waals surface area contributed by atoms with Crippen LogP contribution >= 0.6 is 0 Å². The number of fused-ring (bicyclic) bond motifs is 1. The average Bonchev–Trinajstić information content (AvgIpc) is 2.83. The van der Waals surface area contributed by atoms with Crippen molar-refractivity contribution < 1.29 is 4.79 Å². The van der Waals surface area contributed by atoms with E-state index >= 15 is 0 Å². The minimum Gasteiger partial charge on any atom is -0.324 e. The molecule has 6 nitrogen and oxygen atoms in total. The molecule has 0 aliphatic rings. The van der Waals surface area contributed by atoms with Crippen molar-refractivity contribution >= 4 is 22.9 Å². The van der Waals surface area contributed by atoms with Crippen LogP contribution in [0.5, 0.6) is 0 Å². The zero-order valence-electron chi connectivity index (χ0n) is 11.1. The van der Waals surface area contributed by atoms with Crippen LogP contribution in [0.3, 0.4) is 0 Å². The molecule has 0 radical (unpaired) electrons. The summed E-state index contributed by atoms with van der Waals surface area (Å²) in [4.78, 5) is 19.6. The number of H-pyrrole nitrogens is 1. The van der Waals surface area contributed by atoms with Crippen LogP contribution in [0.15, 0.2) is 30.3 Å². The number of carbonyl (C=O) groups is 1. The number of nitrogens with one attached hydrogen (secondary N) is 2. The number of carbonyl (C=O) groups excluding carboxylic acids is 1. The Kier molecular flexibility index (Phi) is 2.90. The summed E-state index contributed by atoms with van der Waals surface area (Å²) in [6, 6.07) is 9.30. The molecule has 20 heavy (non-hydrogen) atoms. The van der Waals surface area contributed by atoms with Crippen LogP contribution in [0, 0.1) is 13.8 Å². The summed E-state index contributed by atoms with van der Waals surface area (Å²) in [5, 5.41) is 10.6. The SMILES string of the molecule is Cc1cc(C(=O)Nc2nc3ccccc3[nH]2)c(C)nn1. The van der Waals surface area contributed by atoms with E-state index in [1.54, 1.807) is 19.9 Å². The van der Waals surface area contributed by atoms with Crippen molar-refractivity contribution in [3.63, 3.8) is 0 Å². The Balaban J connectivity index is 1.90. The summed E-state index contributed by atoms with van der Waals surface area (Å²) in [7, 11) is 0. The first-order valence-corrected chi connectivity index (χ1v) is 6.20. The molecule has 0 aliphatic heterocycles. The number of hydrogen-bond acceptors (Lipinski definition) is 4. The van der Waals surface area contributed by atoms with E-state index in [0.29, 0.717) is 22.9 Å². The lowest BCUT2D eigenvalue weighted by Crippen LogP contribution is -2.15. The lowest BCUT2D eigenvalue weighted by molar-refractivity contribution is 0.102.